The molecule has 25 heavy (non-hydrogen) atoms. The summed E-state index contributed by atoms with van der Waals surface area (Å²) < 4.78 is 0. The van der Waals surface area contributed by atoms with Crippen molar-refractivity contribution in [2.45, 2.75) is 33.2 Å². The van der Waals surface area contributed by atoms with Crippen LogP contribution in [0.1, 0.15) is 36.3 Å². The molecule has 1 unspecified atom stereocenters. The number of aryl methyl sites for hydroxylation is 1. The van der Waals surface area contributed by atoms with Gasteiger partial charge in [0.1, 0.15) is 5.69 Å². The quantitative estimate of drug-likeness (QED) is 0.686. The Balaban J connectivity index is 1.93. The minimum Gasteiger partial charge on any atom is -0.352 e. The predicted molar refractivity (Wildman–Crippen MR) is 102 cm³/mol. The number of aromatic nitrogens is 1. The van der Waals surface area contributed by atoms with Crippen LogP contribution in [0.3, 0.4) is 0 Å². The van der Waals surface area contributed by atoms with Crippen LogP contribution in [0.4, 0.5) is 10.8 Å². The Morgan fingerprint density at radius 3 is 2.84 bits per heavy atom. The topological polar surface area (TPSA) is 83.1 Å². The van der Waals surface area contributed by atoms with Gasteiger partial charge in [0.25, 0.3) is 5.91 Å². The highest BCUT2D eigenvalue weighted by atomic mass is 35.5. The van der Waals surface area contributed by atoms with Gasteiger partial charge in [0.15, 0.2) is 5.13 Å². The number of hydrogen-bond acceptors (Lipinski definition) is 5. The van der Waals surface area contributed by atoms with E-state index in [2.05, 4.69) is 20.9 Å². The highest BCUT2D eigenvalue weighted by Crippen LogP contribution is 2.26. The average molecular weight is 381 g/mol. The summed E-state index contributed by atoms with van der Waals surface area (Å²) >= 11 is 7.31. The van der Waals surface area contributed by atoms with Crippen LogP contribution in [0.15, 0.2) is 23.6 Å². The zero-order chi connectivity index (χ0) is 18.4. The van der Waals surface area contributed by atoms with Crippen LogP contribution in [0.25, 0.3) is 0 Å². The number of anilines is 2. The molecule has 1 atom stereocenters. The van der Waals surface area contributed by atoms with E-state index in [1.54, 1.807) is 11.4 Å². The van der Waals surface area contributed by atoms with Crippen molar-refractivity contribution >= 4 is 45.6 Å². The molecule has 0 spiro atoms. The van der Waals surface area contributed by atoms with Gasteiger partial charge in [-0.05, 0) is 38.0 Å². The predicted octanol–water partition coefficient (Wildman–Crippen LogP) is 3.49. The molecule has 0 aliphatic carbocycles. The van der Waals surface area contributed by atoms with E-state index in [1.807, 2.05) is 32.9 Å². The van der Waals surface area contributed by atoms with Crippen molar-refractivity contribution in [2.24, 2.45) is 0 Å². The SMILES string of the molecule is CCC(C)NC(=O)CNC(=O)c1csc(Nc2cc(Cl)ccc2C)n1. The molecule has 0 saturated carbocycles. The maximum absolute atomic E-state index is 12.1. The van der Waals surface area contributed by atoms with Crippen molar-refractivity contribution < 1.29 is 9.59 Å². The molecule has 1 aromatic heterocycles. The molecule has 1 heterocycles. The summed E-state index contributed by atoms with van der Waals surface area (Å²) in [5, 5.41) is 11.4. The number of carbonyl (C=O) groups is 2. The van der Waals surface area contributed by atoms with Gasteiger partial charge in [-0.3, -0.25) is 9.59 Å². The van der Waals surface area contributed by atoms with Gasteiger partial charge in [-0.15, -0.1) is 11.3 Å². The smallest absolute Gasteiger partial charge is 0.271 e. The van der Waals surface area contributed by atoms with Gasteiger partial charge in [0, 0.05) is 22.1 Å². The van der Waals surface area contributed by atoms with E-state index in [0.717, 1.165) is 17.7 Å². The molecule has 2 amide bonds. The molecule has 2 aromatic rings. The second-order valence-electron chi connectivity index (χ2n) is 5.68. The largest absolute Gasteiger partial charge is 0.352 e. The molecule has 2 rings (SSSR count). The van der Waals surface area contributed by atoms with Gasteiger partial charge in [-0.25, -0.2) is 4.98 Å². The first-order valence-electron chi connectivity index (χ1n) is 7.95. The van der Waals surface area contributed by atoms with E-state index in [-0.39, 0.29) is 30.1 Å². The van der Waals surface area contributed by atoms with E-state index in [4.69, 9.17) is 11.6 Å². The normalized spacial score (nSPS) is 11.7. The fourth-order valence-corrected chi connectivity index (χ4v) is 2.83. The molecule has 0 saturated heterocycles. The number of amides is 2. The number of carbonyl (C=O) groups excluding carboxylic acids is 2. The Bertz CT molecular complexity index is 763. The van der Waals surface area contributed by atoms with Gasteiger partial charge >= 0.3 is 0 Å². The standard InChI is InChI=1S/C17H21ClN4O2S/c1-4-11(3)20-15(23)8-19-16(24)14-9-25-17(22-14)21-13-7-12(18)6-5-10(13)2/h5-7,9,11H,4,8H2,1-3H3,(H,19,24)(H,20,23)(H,21,22). The molecular formula is C17H21ClN4O2S. The lowest BCUT2D eigenvalue weighted by Crippen LogP contribution is -2.40. The van der Waals surface area contributed by atoms with E-state index in [0.29, 0.717) is 10.2 Å². The third kappa shape index (κ3) is 5.72. The second kappa shape index (κ2) is 8.82. The first kappa shape index (κ1) is 19.2. The van der Waals surface area contributed by atoms with Crippen LogP contribution in [0.5, 0.6) is 0 Å². The van der Waals surface area contributed by atoms with E-state index >= 15 is 0 Å². The van der Waals surface area contributed by atoms with Crippen LogP contribution in [-0.4, -0.2) is 29.4 Å². The summed E-state index contributed by atoms with van der Waals surface area (Å²) in [4.78, 5) is 28.0. The number of nitrogens with zero attached hydrogens (tertiary/aromatic N) is 1. The highest BCUT2D eigenvalue weighted by molar-refractivity contribution is 7.14. The van der Waals surface area contributed by atoms with Crippen LogP contribution < -0.4 is 16.0 Å². The Labute approximate surface area is 156 Å². The second-order valence-corrected chi connectivity index (χ2v) is 6.98. The van der Waals surface area contributed by atoms with E-state index < -0.39 is 0 Å². The molecule has 0 bridgehead atoms. The van der Waals surface area contributed by atoms with Crippen molar-refractivity contribution in [2.75, 3.05) is 11.9 Å². The fraction of sp³-hybridized carbons (Fsp3) is 0.353. The van der Waals surface area contributed by atoms with Crippen LogP contribution >= 0.6 is 22.9 Å². The van der Waals surface area contributed by atoms with Crippen LogP contribution in [0, 0.1) is 6.92 Å². The lowest BCUT2D eigenvalue weighted by atomic mass is 10.2. The molecule has 8 heteroatoms. The molecule has 0 radical (unpaired) electrons. The summed E-state index contributed by atoms with van der Waals surface area (Å²) in [5.41, 5.74) is 2.12. The zero-order valence-corrected chi connectivity index (χ0v) is 15.9. The summed E-state index contributed by atoms with van der Waals surface area (Å²) in [6, 6.07) is 5.60. The molecule has 0 fully saturated rings. The van der Waals surface area contributed by atoms with Crippen molar-refractivity contribution in [1.29, 1.82) is 0 Å². The number of benzene rings is 1. The first-order valence-corrected chi connectivity index (χ1v) is 9.21. The summed E-state index contributed by atoms with van der Waals surface area (Å²) in [7, 11) is 0. The van der Waals surface area contributed by atoms with Crippen molar-refractivity contribution in [3.63, 3.8) is 0 Å². The molecule has 0 aliphatic heterocycles. The molecule has 1 aromatic carbocycles. The average Bonchev–Trinajstić information content (AvgIpc) is 3.04. The lowest BCUT2D eigenvalue weighted by molar-refractivity contribution is -0.120. The maximum atomic E-state index is 12.1. The van der Waals surface area contributed by atoms with Gasteiger partial charge in [0.2, 0.25) is 5.91 Å². The molecule has 134 valence electrons. The van der Waals surface area contributed by atoms with Crippen LogP contribution in [0.2, 0.25) is 5.02 Å². The van der Waals surface area contributed by atoms with Crippen molar-refractivity contribution in [3.8, 4) is 0 Å². The Morgan fingerprint density at radius 1 is 1.36 bits per heavy atom. The summed E-state index contributed by atoms with van der Waals surface area (Å²) in [6.07, 6.45) is 0.837. The number of thiazole rings is 1. The van der Waals surface area contributed by atoms with Gasteiger partial charge < -0.3 is 16.0 Å². The monoisotopic (exact) mass is 380 g/mol. The van der Waals surface area contributed by atoms with Crippen LogP contribution in [-0.2, 0) is 4.79 Å². The number of hydrogen-bond donors (Lipinski definition) is 3. The van der Waals surface area contributed by atoms with E-state index in [9.17, 15) is 9.59 Å². The molecular weight excluding hydrogens is 360 g/mol. The maximum Gasteiger partial charge on any atom is 0.271 e. The van der Waals surface area contributed by atoms with Gasteiger partial charge in [0.05, 0.1) is 6.54 Å². The third-order valence-electron chi connectivity index (χ3n) is 3.61. The fourth-order valence-electron chi connectivity index (χ4n) is 1.96. The molecule has 0 aliphatic rings. The van der Waals surface area contributed by atoms with Gasteiger partial charge in [-0.2, -0.15) is 0 Å². The molecule has 6 nitrogen and oxygen atoms in total. The van der Waals surface area contributed by atoms with Crippen molar-refractivity contribution in [3.05, 3.63) is 39.9 Å². The zero-order valence-electron chi connectivity index (χ0n) is 14.4. The summed E-state index contributed by atoms with van der Waals surface area (Å²) in [5.74, 6) is -0.600. The highest BCUT2D eigenvalue weighted by Gasteiger charge is 2.13. The first-order chi connectivity index (χ1) is 11.9. The lowest BCUT2D eigenvalue weighted by Gasteiger charge is -2.11. The Kier molecular flexibility index (Phi) is 6.78. The van der Waals surface area contributed by atoms with Gasteiger partial charge in [-0.1, -0.05) is 24.6 Å². The molecule has 3 N–H and O–H groups in total. The Morgan fingerprint density at radius 2 is 2.12 bits per heavy atom. The van der Waals surface area contributed by atoms with E-state index in [1.165, 1.54) is 11.3 Å². The summed E-state index contributed by atoms with van der Waals surface area (Å²) in [6.45, 7) is 5.78. The third-order valence-corrected chi connectivity index (χ3v) is 4.60. The number of halogens is 1. The number of nitrogens with one attached hydrogen (secondary N) is 3. The minimum atomic E-state index is -0.383. The minimum absolute atomic E-state index is 0.0726. The Hall–Kier alpha value is -2.12. The number of rotatable bonds is 7. The van der Waals surface area contributed by atoms with Crippen molar-refractivity contribution in [1.82, 2.24) is 15.6 Å².